The Hall–Kier alpha value is -2.63. The zero-order valence-corrected chi connectivity index (χ0v) is 18.2. The molecule has 1 aliphatic rings. The summed E-state index contributed by atoms with van der Waals surface area (Å²) in [7, 11) is 1.65. The van der Waals surface area contributed by atoms with Gasteiger partial charge in [-0.2, -0.15) is 0 Å². The smallest absolute Gasteiger partial charge is 0.254 e. The zero-order valence-electron chi connectivity index (χ0n) is 18.2. The van der Waals surface area contributed by atoms with Crippen molar-refractivity contribution in [2.75, 3.05) is 26.7 Å². The van der Waals surface area contributed by atoms with Crippen LogP contribution < -0.4 is 4.74 Å². The van der Waals surface area contributed by atoms with E-state index < -0.39 is 0 Å². The van der Waals surface area contributed by atoms with Gasteiger partial charge in [0.2, 0.25) is 0 Å². The Labute approximate surface area is 179 Å². The van der Waals surface area contributed by atoms with E-state index in [2.05, 4.69) is 37.5 Å². The van der Waals surface area contributed by atoms with Crippen molar-refractivity contribution in [3.63, 3.8) is 0 Å². The quantitative estimate of drug-likeness (QED) is 0.616. The lowest BCUT2D eigenvalue weighted by molar-refractivity contribution is -0.0704. The van der Waals surface area contributed by atoms with Crippen LogP contribution >= 0.6 is 0 Å². The maximum Gasteiger partial charge on any atom is 0.254 e. The summed E-state index contributed by atoms with van der Waals surface area (Å²) in [4.78, 5) is 17.3. The van der Waals surface area contributed by atoms with Gasteiger partial charge in [-0.25, -0.2) is 0 Å². The lowest BCUT2D eigenvalue weighted by Gasteiger charge is -2.35. The average molecular weight is 409 g/mol. The molecule has 5 heteroatoms. The van der Waals surface area contributed by atoms with Crippen LogP contribution in [0.4, 0.5) is 0 Å². The lowest BCUT2D eigenvalue weighted by Crippen LogP contribution is -2.44. The molecule has 0 saturated carbocycles. The molecule has 0 aliphatic carbocycles. The SMILES string of the molecule is C=CCN(Cc1ccc(OC)cc1)C(=O)c1ccc(CN2CC(C)OC(C)C2)cc1. The second kappa shape index (κ2) is 10.4. The Bertz CT molecular complexity index is 822. The largest absolute Gasteiger partial charge is 0.497 e. The first-order chi connectivity index (χ1) is 14.5. The minimum atomic E-state index is 0.00545. The maximum absolute atomic E-state index is 13.1. The van der Waals surface area contributed by atoms with Gasteiger partial charge in [0, 0.05) is 38.3 Å². The monoisotopic (exact) mass is 408 g/mol. The molecule has 30 heavy (non-hydrogen) atoms. The van der Waals surface area contributed by atoms with Crippen LogP contribution in [-0.4, -0.2) is 54.7 Å². The predicted molar refractivity (Wildman–Crippen MR) is 120 cm³/mol. The van der Waals surface area contributed by atoms with Gasteiger partial charge >= 0.3 is 0 Å². The molecule has 2 aromatic rings. The molecule has 1 fully saturated rings. The second-order valence-electron chi connectivity index (χ2n) is 7.97. The first-order valence-corrected chi connectivity index (χ1v) is 10.5. The summed E-state index contributed by atoms with van der Waals surface area (Å²) in [6.07, 6.45) is 2.26. The van der Waals surface area contributed by atoms with Crippen molar-refractivity contribution in [3.05, 3.63) is 77.9 Å². The van der Waals surface area contributed by atoms with Crippen molar-refractivity contribution in [1.29, 1.82) is 0 Å². The van der Waals surface area contributed by atoms with E-state index in [-0.39, 0.29) is 18.1 Å². The molecule has 1 heterocycles. The highest BCUT2D eigenvalue weighted by atomic mass is 16.5. The molecule has 2 aromatic carbocycles. The molecule has 0 bridgehead atoms. The Morgan fingerprint density at radius 3 is 2.27 bits per heavy atom. The summed E-state index contributed by atoms with van der Waals surface area (Å²) in [6, 6.07) is 15.7. The number of carbonyl (C=O) groups is 1. The number of ether oxygens (including phenoxy) is 2. The van der Waals surface area contributed by atoms with Gasteiger partial charge in [-0.15, -0.1) is 6.58 Å². The Balaban J connectivity index is 1.65. The molecule has 160 valence electrons. The van der Waals surface area contributed by atoms with Crippen LogP contribution in [0.1, 0.15) is 35.3 Å². The summed E-state index contributed by atoms with van der Waals surface area (Å²) in [5.74, 6) is 0.811. The van der Waals surface area contributed by atoms with Gasteiger partial charge in [0.15, 0.2) is 0 Å². The topological polar surface area (TPSA) is 42.0 Å². The van der Waals surface area contributed by atoms with Crippen LogP contribution in [0.3, 0.4) is 0 Å². The van der Waals surface area contributed by atoms with Gasteiger partial charge < -0.3 is 14.4 Å². The Morgan fingerprint density at radius 1 is 1.10 bits per heavy atom. The Morgan fingerprint density at radius 2 is 1.70 bits per heavy atom. The third-order valence-electron chi connectivity index (χ3n) is 5.27. The van der Waals surface area contributed by atoms with E-state index in [4.69, 9.17) is 9.47 Å². The third kappa shape index (κ3) is 5.94. The lowest BCUT2D eigenvalue weighted by atomic mass is 10.1. The van der Waals surface area contributed by atoms with E-state index in [0.717, 1.165) is 30.9 Å². The van der Waals surface area contributed by atoms with Crippen LogP contribution in [0.2, 0.25) is 0 Å². The van der Waals surface area contributed by atoms with Crippen molar-refractivity contribution in [2.24, 2.45) is 0 Å². The number of hydrogen-bond acceptors (Lipinski definition) is 4. The summed E-state index contributed by atoms with van der Waals surface area (Å²) in [5, 5.41) is 0. The number of benzene rings is 2. The highest BCUT2D eigenvalue weighted by Gasteiger charge is 2.22. The van der Waals surface area contributed by atoms with Crippen molar-refractivity contribution in [2.45, 2.75) is 39.1 Å². The Kier molecular flexibility index (Phi) is 7.66. The van der Waals surface area contributed by atoms with Crippen LogP contribution in [0, 0.1) is 0 Å². The fourth-order valence-corrected chi connectivity index (χ4v) is 3.93. The van der Waals surface area contributed by atoms with E-state index in [9.17, 15) is 4.79 Å². The molecular weight excluding hydrogens is 376 g/mol. The summed E-state index contributed by atoms with van der Waals surface area (Å²) < 4.78 is 11.0. The molecule has 2 atom stereocenters. The van der Waals surface area contributed by atoms with Gasteiger partial charge in [-0.05, 0) is 49.2 Å². The van der Waals surface area contributed by atoms with E-state index in [1.54, 1.807) is 18.1 Å². The molecule has 0 radical (unpaired) electrons. The van der Waals surface area contributed by atoms with E-state index in [0.29, 0.717) is 18.7 Å². The molecule has 0 N–H and O–H groups in total. The van der Waals surface area contributed by atoms with Crippen LogP contribution in [0.25, 0.3) is 0 Å². The van der Waals surface area contributed by atoms with Crippen molar-refractivity contribution >= 4 is 5.91 Å². The predicted octanol–water partition coefficient (Wildman–Crippen LogP) is 4.13. The first-order valence-electron chi connectivity index (χ1n) is 10.5. The normalized spacial score (nSPS) is 19.3. The molecule has 5 nitrogen and oxygen atoms in total. The van der Waals surface area contributed by atoms with Crippen LogP contribution in [0.5, 0.6) is 5.75 Å². The van der Waals surface area contributed by atoms with Crippen molar-refractivity contribution in [1.82, 2.24) is 9.80 Å². The molecule has 1 saturated heterocycles. The molecule has 3 rings (SSSR count). The number of amides is 1. The molecule has 1 amide bonds. The highest BCUT2D eigenvalue weighted by molar-refractivity contribution is 5.94. The van der Waals surface area contributed by atoms with E-state index in [1.165, 1.54) is 5.56 Å². The summed E-state index contributed by atoms with van der Waals surface area (Å²) in [6.45, 7) is 11.8. The van der Waals surface area contributed by atoms with Gasteiger partial charge in [0.25, 0.3) is 5.91 Å². The molecular formula is C25H32N2O3. The number of rotatable bonds is 8. The standard InChI is InChI=1S/C25H32N2O3/c1-5-14-27(18-22-8-12-24(29-4)13-9-22)25(28)23-10-6-21(7-11-23)17-26-15-19(2)30-20(3)16-26/h5-13,19-20H,1,14-18H2,2-4H3. The fourth-order valence-electron chi connectivity index (χ4n) is 3.93. The number of hydrogen-bond donors (Lipinski definition) is 0. The number of methoxy groups -OCH3 is 1. The maximum atomic E-state index is 13.1. The average Bonchev–Trinajstić information content (AvgIpc) is 2.73. The molecule has 2 unspecified atom stereocenters. The number of morpholine rings is 1. The van der Waals surface area contributed by atoms with Crippen LogP contribution in [0.15, 0.2) is 61.2 Å². The number of carbonyl (C=O) groups excluding carboxylic acids is 1. The zero-order chi connectivity index (χ0) is 21.5. The van der Waals surface area contributed by atoms with Gasteiger partial charge in [0.1, 0.15) is 5.75 Å². The first kappa shape index (κ1) is 22.1. The minimum Gasteiger partial charge on any atom is -0.497 e. The summed E-state index contributed by atoms with van der Waals surface area (Å²) >= 11 is 0. The molecule has 0 spiro atoms. The van der Waals surface area contributed by atoms with Crippen molar-refractivity contribution < 1.29 is 14.3 Å². The van der Waals surface area contributed by atoms with Gasteiger partial charge in [-0.1, -0.05) is 30.3 Å². The minimum absolute atomic E-state index is 0.00545. The van der Waals surface area contributed by atoms with Crippen molar-refractivity contribution in [3.8, 4) is 5.75 Å². The second-order valence-corrected chi connectivity index (χ2v) is 7.97. The third-order valence-corrected chi connectivity index (χ3v) is 5.27. The molecule has 1 aliphatic heterocycles. The van der Waals surface area contributed by atoms with E-state index in [1.807, 2.05) is 36.4 Å². The number of nitrogens with zero attached hydrogens (tertiary/aromatic N) is 2. The van der Waals surface area contributed by atoms with Gasteiger partial charge in [-0.3, -0.25) is 9.69 Å². The van der Waals surface area contributed by atoms with Crippen LogP contribution in [-0.2, 0) is 17.8 Å². The molecule has 0 aromatic heterocycles. The fraction of sp³-hybridized carbons (Fsp3) is 0.400. The highest BCUT2D eigenvalue weighted by Crippen LogP contribution is 2.17. The van der Waals surface area contributed by atoms with Gasteiger partial charge in [0.05, 0.1) is 19.3 Å². The van der Waals surface area contributed by atoms with E-state index >= 15 is 0 Å². The summed E-state index contributed by atoms with van der Waals surface area (Å²) in [5.41, 5.74) is 2.95.